The molecule has 4 aliphatic carbocycles. The van der Waals surface area contributed by atoms with E-state index in [0.717, 1.165) is 0 Å². The van der Waals surface area contributed by atoms with E-state index < -0.39 is 70.6 Å². The Balaban J connectivity index is 1.45. The molecule has 0 bridgehead atoms. The van der Waals surface area contributed by atoms with E-state index in [1.54, 1.807) is 37.3 Å². The van der Waals surface area contributed by atoms with Gasteiger partial charge in [-0.1, -0.05) is 38.4 Å². The number of ketones is 1. The molecule has 41 heavy (non-hydrogen) atoms. The SMILES string of the molecule is CC12C=CC(=O)C=C1C(F)CC1C2C(O)CC2(C)C1(C)CC1CN(c3ccc(Cl)cc3)OC12C(=O)OCC(F)(F)F. The zero-order valence-corrected chi connectivity index (χ0v) is 23.6. The molecule has 0 aromatic heterocycles. The summed E-state index contributed by atoms with van der Waals surface area (Å²) in [6, 6.07) is 6.65. The highest BCUT2D eigenvalue weighted by atomic mass is 35.5. The molecule has 3 saturated carbocycles. The minimum atomic E-state index is -4.75. The molecule has 1 aliphatic heterocycles. The largest absolute Gasteiger partial charge is 0.454 e. The molecule has 9 unspecified atom stereocenters. The molecule has 4 fully saturated rings. The van der Waals surface area contributed by atoms with Crippen molar-refractivity contribution in [2.75, 3.05) is 18.2 Å². The lowest BCUT2D eigenvalue weighted by molar-refractivity contribution is -0.237. The number of esters is 1. The van der Waals surface area contributed by atoms with Gasteiger partial charge in [-0.25, -0.2) is 9.18 Å². The van der Waals surface area contributed by atoms with Crippen LogP contribution >= 0.6 is 11.6 Å². The Labute approximate surface area is 240 Å². The number of aliphatic hydroxyl groups excluding tert-OH is 1. The fraction of sp³-hybridized carbons (Fsp3) is 0.600. The number of hydrogen-bond donors (Lipinski definition) is 1. The molecule has 1 aromatic carbocycles. The van der Waals surface area contributed by atoms with Gasteiger partial charge >= 0.3 is 12.1 Å². The first-order valence-electron chi connectivity index (χ1n) is 13.8. The molecule has 1 aromatic rings. The number of ether oxygens (including phenoxy) is 1. The number of carbonyl (C=O) groups is 2. The summed E-state index contributed by atoms with van der Waals surface area (Å²) in [4.78, 5) is 32.5. The van der Waals surface area contributed by atoms with Gasteiger partial charge in [0.15, 0.2) is 12.4 Å². The average Bonchev–Trinajstić information content (AvgIpc) is 3.35. The molecule has 1 heterocycles. The second-order valence-electron chi connectivity index (χ2n) is 12.9. The normalized spacial score (nSPS) is 43.1. The molecular weight excluding hydrogens is 566 g/mol. The van der Waals surface area contributed by atoms with Crippen molar-refractivity contribution in [1.82, 2.24) is 0 Å². The Bertz CT molecular complexity index is 1350. The number of anilines is 1. The van der Waals surface area contributed by atoms with Crippen molar-refractivity contribution < 1.29 is 41.8 Å². The van der Waals surface area contributed by atoms with Crippen molar-refractivity contribution in [1.29, 1.82) is 0 Å². The van der Waals surface area contributed by atoms with E-state index in [0.29, 0.717) is 22.7 Å². The smallest absolute Gasteiger partial charge is 0.422 e. The van der Waals surface area contributed by atoms with Crippen LogP contribution in [0, 0.1) is 34.0 Å². The molecule has 0 amide bonds. The van der Waals surface area contributed by atoms with E-state index in [-0.39, 0.29) is 25.2 Å². The van der Waals surface area contributed by atoms with Crippen LogP contribution in [0.15, 0.2) is 48.1 Å². The van der Waals surface area contributed by atoms with E-state index >= 15 is 4.39 Å². The maximum Gasteiger partial charge on any atom is 0.422 e. The molecule has 0 spiro atoms. The summed E-state index contributed by atoms with van der Waals surface area (Å²) in [7, 11) is 0. The Morgan fingerprint density at radius 1 is 1.20 bits per heavy atom. The lowest BCUT2D eigenvalue weighted by Gasteiger charge is -2.64. The minimum absolute atomic E-state index is 0.0116. The van der Waals surface area contributed by atoms with Crippen molar-refractivity contribution >= 4 is 29.0 Å². The van der Waals surface area contributed by atoms with E-state index in [1.807, 2.05) is 13.8 Å². The summed E-state index contributed by atoms with van der Waals surface area (Å²) in [5, 5.41) is 13.8. The van der Waals surface area contributed by atoms with Crippen LogP contribution in [0.2, 0.25) is 5.02 Å². The van der Waals surface area contributed by atoms with E-state index in [4.69, 9.17) is 21.2 Å². The van der Waals surface area contributed by atoms with Crippen LogP contribution in [0.5, 0.6) is 0 Å². The van der Waals surface area contributed by atoms with Crippen LogP contribution in [-0.4, -0.2) is 54.1 Å². The molecule has 11 heteroatoms. The number of nitrogens with zero attached hydrogens (tertiary/aromatic N) is 1. The van der Waals surface area contributed by atoms with Gasteiger partial charge in [-0.3, -0.25) is 14.7 Å². The second-order valence-corrected chi connectivity index (χ2v) is 13.4. The number of halogens is 5. The fourth-order valence-corrected chi connectivity index (χ4v) is 9.28. The molecule has 6 nitrogen and oxygen atoms in total. The molecule has 9 atom stereocenters. The molecule has 1 saturated heterocycles. The number of hydrogen-bond acceptors (Lipinski definition) is 6. The van der Waals surface area contributed by atoms with Crippen molar-refractivity contribution in [3.05, 3.63) is 53.1 Å². The Hall–Kier alpha value is -2.43. The number of rotatable bonds is 3. The Kier molecular flexibility index (Phi) is 6.32. The number of hydroxylamine groups is 1. The number of fused-ring (bicyclic) bond motifs is 7. The van der Waals surface area contributed by atoms with E-state index in [1.165, 1.54) is 17.2 Å². The Morgan fingerprint density at radius 2 is 1.88 bits per heavy atom. The lowest BCUT2D eigenvalue weighted by atomic mass is 9.41. The summed E-state index contributed by atoms with van der Waals surface area (Å²) < 4.78 is 60.5. The van der Waals surface area contributed by atoms with Crippen LogP contribution < -0.4 is 5.06 Å². The average molecular weight is 598 g/mol. The standard InChI is InChI=1S/C30H32ClF4NO5/c1-26-9-8-19(37)10-20(26)22(32)11-21-24(26)23(38)13-28(3)27(21,2)12-16-14-36(18-6-4-17(31)5-7-18)41-30(16,28)25(39)40-15-29(33,34)35/h4-10,16,21-24,38H,11-15H2,1-3H3. The molecule has 1 N–H and O–H groups in total. The van der Waals surface area contributed by atoms with Gasteiger partial charge in [-0.05, 0) is 72.6 Å². The highest BCUT2D eigenvalue weighted by Crippen LogP contribution is 2.76. The van der Waals surface area contributed by atoms with Crippen LogP contribution in [0.25, 0.3) is 0 Å². The van der Waals surface area contributed by atoms with Crippen LogP contribution in [-0.2, 0) is 19.2 Å². The highest BCUT2D eigenvalue weighted by Gasteiger charge is 2.81. The first-order valence-corrected chi connectivity index (χ1v) is 14.2. The molecular formula is C30H32ClF4NO5. The number of aliphatic hydroxyl groups is 1. The highest BCUT2D eigenvalue weighted by molar-refractivity contribution is 6.30. The minimum Gasteiger partial charge on any atom is -0.454 e. The number of carbonyl (C=O) groups excluding carboxylic acids is 2. The Morgan fingerprint density at radius 3 is 2.54 bits per heavy atom. The fourth-order valence-electron chi connectivity index (χ4n) is 9.15. The summed E-state index contributed by atoms with van der Waals surface area (Å²) in [5.41, 5.74) is -3.94. The number of benzene rings is 1. The third-order valence-electron chi connectivity index (χ3n) is 11.0. The third kappa shape index (κ3) is 3.89. The van der Waals surface area contributed by atoms with Gasteiger partial charge in [0.05, 0.1) is 18.3 Å². The zero-order valence-electron chi connectivity index (χ0n) is 22.9. The van der Waals surface area contributed by atoms with Crippen LogP contribution in [0.1, 0.15) is 40.0 Å². The van der Waals surface area contributed by atoms with Gasteiger partial charge in [0.1, 0.15) is 6.17 Å². The van der Waals surface area contributed by atoms with E-state index in [9.17, 15) is 27.9 Å². The monoisotopic (exact) mass is 597 g/mol. The van der Waals surface area contributed by atoms with Gasteiger partial charge in [0.25, 0.3) is 0 Å². The topological polar surface area (TPSA) is 76.1 Å². The predicted molar refractivity (Wildman–Crippen MR) is 141 cm³/mol. The van der Waals surface area contributed by atoms with Crippen molar-refractivity contribution in [2.45, 2.75) is 64.1 Å². The molecule has 6 rings (SSSR count). The predicted octanol–water partition coefficient (Wildman–Crippen LogP) is 5.78. The van der Waals surface area contributed by atoms with Gasteiger partial charge in [0, 0.05) is 27.7 Å². The molecule has 0 radical (unpaired) electrons. The van der Waals surface area contributed by atoms with Crippen molar-refractivity contribution in [2.24, 2.45) is 34.0 Å². The quantitative estimate of drug-likeness (QED) is 0.352. The van der Waals surface area contributed by atoms with Gasteiger partial charge < -0.3 is 9.84 Å². The van der Waals surface area contributed by atoms with Crippen molar-refractivity contribution in [3.63, 3.8) is 0 Å². The summed E-state index contributed by atoms with van der Waals surface area (Å²) >= 11 is 6.04. The third-order valence-corrected chi connectivity index (χ3v) is 11.3. The zero-order chi connectivity index (χ0) is 29.8. The maximum atomic E-state index is 15.9. The number of allylic oxidation sites excluding steroid dienone is 4. The van der Waals surface area contributed by atoms with Crippen LogP contribution in [0.3, 0.4) is 0 Å². The van der Waals surface area contributed by atoms with Gasteiger partial charge in [0.2, 0.25) is 5.60 Å². The van der Waals surface area contributed by atoms with Crippen molar-refractivity contribution in [3.8, 4) is 0 Å². The second kappa shape index (κ2) is 9.04. The summed E-state index contributed by atoms with van der Waals surface area (Å²) in [6.07, 6.45) is -2.51. The summed E-state index contributed by atoms with van der Waals surface area (Å²) in [5.74, 6) is -2.99. The number of alkyl halides is 4. The van der Waals surface area contributed by atoms with Crippen LogP contribution in [0.4, 0.5) is 23.2 Å². The first kappa shape index (κ1) is 28.7. The maximum absolute atomic E-state index is 15.9. The summed E-state index contributed by atoms with van der Waals surface area (Å²) in [6.45, 7) is 3.92. The molecule has 222 valence electrons. The van der Waals surface area contributed by atoms with Gasteiger partial charge in [-0.2, -0.15) is 13.2 Å². The lowest BCUT2D eigenvalue weighted by Crippen LogP contribution is -2.67. The van der Waals surface area contributed by atoms with E-state index in [2.05, 4.69) is 0 Å². The molecule has 5 aliphatic rings. The van der Waals surface area contributed by atoms with Gasteiger partial charge in [-0.15, -0.1) is 0 Å². The first-order chi connectivity index (χ1) is 19.1.